The van der Waals surface area contributed by atoms with Gasteiger partial charge >= 0.3 is 0 Å². The van der Waals surface area contributed by atoms with Crippen LogP contribution in [-0.4, -0.2) is 41.2 Å². The Labute approximate surface area is 319 Å². The summed E-state index contributed by atoms with van der Waals surface area (Å²) >= 11 is 0. The lowest BCUT2D eigenvalue weighted by atomic mass is 9.72. The zero-order valence-electron chi connectivity index (χ0n) is 33.2. The van der Waals surface area contributed by atoms with Crippen molar-refractivity contribution in [1.82, 2.24) is 4.90 Å². The van der Waals surface area contributed by atoms with E-state index in [1.807, 2.05) is 45.9 Å². The summed E-state index contributed by atoms with van der Waals surface area (Å²) in [6, 6.07) is 22.5. The molecular weight excluding hydrogens is 673 g/mol. The van der Waals surface area contributed by atoms with E-state index in [1.165, 1.54) is 15.4 Å². The van der Waals surface area contributed by atoms with Gasteiger partial charge in [0.05, 0.1) is 35.1 Å². The van der Waals surface area contributed by atoms with Gasteiger partial charge in [0.2, 0.25) is 0 Å². The van der Waals surface area contributed by atoms with Crippen molar-refractivity contribution in [3.8, 4) is 17.6 Å². The van der Waals surface area contributed by atoms with E-state index in [2.05, 4.69) is 64.7 Å². The summed E-state index contributed by atoms with van der Waals surface area (Å²) in [4.78, 5) is 57.1. The normalized spacial score (nSPS) is 14.3. The van der Waals surface area contributed by atoms with Crippen molar-refractivity contribution < 1.29 is 23.9 Å². The summed E-state index contributed by atoms with van der Waals surface area (Å²) in [6.45, 7) is 18.8. The van der Waals surface area contributed by atoms with E-state index in [4.69, 9.17) is 4.74 Å². The standard InChI is InChI=1S/C47H50N2O5/c1-11-46(8,12-2)38-27-32(21-24-40(38)54-10)45(6,7)33-20-15-29(5)39(28-33)48-41(50)34-22-18-30(25-36(34)42(48)51)16-17-31-19-23-35-37(26-31)44(53)49(43(35)52)47(9,13-3)14-4/h15,18-28H,11-14H2,1-10H3. The van der Waals surface area contributed by atoms with E-state index < -0.39 is 16.9 Å². The Morgan fingerprint density at radius 3 is 1.65 bits per heavy atom. The van der Waals surface area contributed by atoms with Crippen LogP contribution in [0.15, 0.2) is 72.8 Å². The van der Waals surface area contributed by atoms with E-state index in [-0.39, 0.29) is 28.7 Å². The number of hydrogen-bond acceptors (Lipinski definition) is 5. The Balaban J connectivity index is 1.29. The van der Waals surface area contributed by atoms with Crippen LogP contribution >= 0.6 is 0 Å². The minimum atomic E-state index is -0.566. The molecule has 6 rings (SSSR count). The van der Waals surface area contributed by atoms with E-state index in [0.29, 0.717) is 46.3 Å². The Hall–Kier alpha value is -5.48. The first-order valence-electron chi connectivity index (χ1n) is 19.0. The first-order chi connectivity index (χ1) is 25.6. The molecule has 0 fully saturated rings. The number of aryl methyl sites for hydroxylation is 1. The minimum absolute atomic E-state index is 0.0485. The van der Waals surface area contributed by atoms with Gasteiger partial charge in [-0.05, 0) is 110 Å². The highest BCUT2D eigenvalue weighted by Gasteiger charge is 2.45. The predicted octanol–water partition coefficient (Wildman–Crippen LogP) is 9.78. The molecule has 0 atom stereocenters. The number of ether oxygens (including phenoxy) is 1. The second-order valence-electron chi connectivity index (χ2n) is 15.7. The van der Waals surface area contributed by atoms with E-state index >= 15 is 0 Å². The van der Waals surface area contributed by atoms with Crippen LogP contribution in [0.3, 0.4) is 0 Å². The number of carbonyl (C=O) groups is 4. The van der Waals surface area contributed by atoms with Gasteiger partial charge in [0.15, 0.2) is 0 Å². The topological polar surface area (TPSA) is 84.0 Å². The molecule has 4 aromatic rings. The largest absolute Gasteiger partial charge is 0.496 e. The molecule has 0 saturated carbocycles. The van der Waals surface area contributed by atoms with Crippen molar-refractivity contribution in [3.05, 3.63) is 128 Å². The molecule has 2 aliphatic heterocycles. The SMILES string of the molecule is CCC(C)(CC)c1cc(C(C)(C)c2ccc(C)c(N3C(=O)c4ccc(C#Cc5ccc6c(c5)C(=O)N(C(C)(CC)CC)C6=O)cc4C3=O)c2)ccc1OC. The quantitative estimate of drug-likeness (QED) is 0.120. The average molecular weight is 723 g/mol. The number of benzene rings is 4. The number of nitrogens with zero attached hydrogens (tertiary/aromatic N) is 2. The van der Waals surface area contributed by atoms with E-state index in [9.17, 15) is 19.2 Å². The third-order valence-corrected chi connectivity index (χ3v) is 12.5. The maximum atomic E-state index is 14.0. The summed E-state index contributed by atoms with van der Waals surface area (Å²) in [5, 5.41) is 0. The summed E-state index contributed by atoms with van der Waals surface area (Å²) in [5.74, 6) is 5.70. The first-order valence-corrected chi connectivity index (χ1v) is 19.0. The maximum Gasteiger partial charge on any atom is 0.266 e. The zero-order valence-corrected chi connectivity index (χ0v) is 33.2. The molecule has 4 amide bonds. The van der Waals surface area contributed by atoms with Crippen LogP contribution in [0.4, 0.5) is 5.69 Å². The molecule has 4 aromatic carbocycles. The molecule has 0 radical (unpaired) electrons. The zero-order chi connectivity index (χ0) is 39.3. The maximum absolute atomic E-state index is 14.0. The number of anilines is 1. The van der Waals surface area contributed by atoms with E-state index in [0.717, 1.165) is 35.3 Å². The Bertz CT molecular complexity index is 2280. The van der Waals surface area contributed by atoms with E-state index in [1.54, 1.807) is 43.5 Å². The van der Waals surface area contributed by atoms with Crippen molar-refractivity contribution in [1.29, 1.82) is 0 Å². The van der Waals surface area contributed by atoms with Crippen molar-refractivity contribution >= 4 is 29.3 Å². The van der Waals surface area contributed by atoms with Crippen molar-refractivity contribution in [2.24, 2.45) is 0 Å². The predicted molar refractivity (Wildman–Crippen MR) is 214 cm³/mol. The number of hydrogen-bond donors (Lipinski definition) is 0. The van der Waals surface area contributed by atoms with Gasteiger partial charge in [0.25, 0.3) is 23.6 Å². The lowest BCUT2D eigenvalue weighted by Crippen LogP contribution is -2.48. The second kappa shape index (κ2) is 14.1. The lowest BCUT2D eigenvalue weighted by molar-refractivity contribution is 0.0434. The van der Waals surface area contributed by atoms with Gasteiger partial charge in [-0.3, -0.25) is 24.1 Å². The van der Waals surface area contributed by atoms with Crippen LogP contribution < -0.4 is 9.64 Å². The van der Waals surface area contributed by atoms with Crippen molar-refractivity contribution in [2.45, 2.75) is 104 Å². The van der Waals surface area contributed by atoms with Gasteiger partial charge in [-0.25, -0.2) is 4.90 Å². The molecule has 2 heterocycles. The smallest absolute Gasteiger partial charge is 0.266 e. The fraction of sp³-hybridized carbons (Fsp3) is 0.362. The summed E-state index contributed by atoms with van der Waals surface area (Å²) in [7, 11) is 1.71. The molecule has 7 nitrogen and oxygen atoms in total. The van der Waals surface area contributed by atoms with Gasteiger partial charge in [-0.15, -0.1) is 0 Å². The molecule has 0 N–H and O–H groups in total. The number of imide groups is 2. The summed E-state index contributed by atoms with van der Waals surface area (Å²) in [6.07, 6.45) is 3.26. The second-order valence-corrected chi connectivity index (χ2v) is 15.7. The molecule has 7 heteroatoms. The van der Waals surface area contributed by atoms with Gasteiger partial charge in [0, 0.05) is 27.6 Å². The first kappa shape index (κ1) is 38.3. The fourth-order valence-electron chi connectivity index (χ4n) is 7.66. The van der Waals surface area contributed by atoms with Crippen molar-refractivity contribution in [3.63, 3.8) is 0 Å². The summed E-state index contributed by atoms with van der Waals surface area (Å²) < 4.78 is 5.80. The molecule has 0 aliphatic carbocycles. The third-order valence-electron chi connectivity index (χ3n) is 12.5. The molecule has 0 unspecified atom stereocenters. The molecule has 0 bridgehead atoms. The summed E-state index contributed by atoms with van der Waals surface area (Å²) in [5.41, 5.74) is 6.03. The molecule has 0 spiro atoms. The van der Waals surface area contributed by atoms with Gasteiger partial charge in [0.1, 0.15) is 5.75 Å². The number of carbonyl (C=O) groups excluding carboxylic acids is 4. The molecule has 278 valence electrons. The van der Waals surface area contributed by atoms with Crippen LogP contribution in [0, 0.1) is 18.8 Å². The molecular formula is C47H50N2O5. The number of amides is 4. The highest BCUT2D eigenvalue weighted by atomic mass is 16.5. The van der Waals surface area contributed by atoms with Crippen LogP contribution in [0.25, 0.3) is 0 Å². The Morgan fingerprint density at radius 1 is 0.593 bits per heavy atom. The van der Waals surface area contributed by atoms with Gasteiger partial charge in [-0.2, -0.15) is 0 Å². The highest BCUT2D eigenvalue weighted by molar-refractivity contribution is 6.34. The molecule has 2 aliphatic rings. The van der Waals surface area contributed by atoms with Gasteiger partial charge in [-0.1, -0.05) is 84.6 Å². The molecule has 54 heavy (non-hydrogen) atoms. The number of methoxy groups -OCH3 is 1. The third kappa shape index (κ3) is 6.12. The van der Waals surface area contributed by atoms with Crippen LogP contribution in [0.2, 0.25) is 0 Å². The highest BCUT2D eigenvalue weighted by Crippen LogP contribution is 2.43. The van der Waals surface area contributed by atoms with Crippen LogP contribution in [-0.2, 0) is 10.8 Å². The van der Waals surface area contributed by atoms with Crippen molar-refractivity contribution in [2.75, 3.05) is 12.0 Å². The lowest BCUT2D eigenvalue weighted by Gasteiger charge is -2.35. The Kier molecular flexibility index (Phi) is 9.96. The monoisotopic (exact) mass is 722 g/mol. The van der Waals surface area contributed by atoms with Crippen LogP contribution in [0.1, 0.15) is 156 Å². The number of rotatable bonds is 10. The average Bonchev–Trinajstić information content (AvgIpc) is 3.59. The van der Waals surface area contributed by atoms with Crippen LogP contribution in [0.5, 0.6) is 5.75 Å². The van der Waals surface area contributed by atoms with Gasteiger partial charge < -0.3 is 4.74 Å². The fourth-order valence-corrected chi connectivity index (χ4v) is 7.66. The molecule has 0 saturated heterocycles. The number of fused-ring (bicyclic) bond motifs is 2. The Morgan fingerprint density at radius 2 is 1.09 bits per heavy atom. The molecule has 0 aromatic heterocycles. The minimum Gasteiger partial charge on any atom is -0.496 e.